The van der Waals surface area contributed by atoms with Crippen LogP contribution in [0, 0.1) is 33.6 Å². The minimum atomic E-state index is -0.578. The summed E-state index contributed by atoms with van der Waals surface area (Å²) in [6.45, 7) is 17.6. The summed E-state index contributed by atoms with van der Waals surface area (Å²) in [7, 11) is 0. The molecule has 0 radical (unpaired) electrons. The highest BCUT2D eigenvalue weighted by molar-refractivity contribution is 5.76. The summed E-state index contributed by atoms with van der Waals surface area (Å²) < 4.78 is 6.95. The van der Waals surface area contributed by atoms with Gasteiger partial charge in [0.15, 0.2) is 5.82 Å². The summed E-state index contributed by atoms with van der Waals surface area (Å²) >= 11 is 0. The van der Waals surface area contributed by atoms with Gasteiger partial charge in [0.1, 0.15) is 5.60 Å². The van der Waals surface area contributed by atoms with Crippen LogP contribution in [0.15, 0.2) is 18.2 Å². The zero-order valence-electron chi connectivity index (χ0n) is 25.6. The number of carbonyl (C=O) groups is 2. The SMILES string of the molecule is Cc1ccc(C)c(CN2CCC(CNC(=O)CCc3c(C)nc4nc(CNC(=O)OC(C)(C)C)nn4c3C)CC2)c1. The smallest absolute Gasteiger partial charge is 0.408 e. The lowest BCUT2D eigenvalue weighted by Gasteiger charge is -2.32. The van der Waals surface area contributed by atoms with Gasteiger partial charge in [0, 0.05) is 30.9 Å². The number of amides is 2. The molecule has 1 aromatic carbocycles. The second kappa shape index (κ2) is 13.0. The van der Waals surface area contributed by atoms with Crippen LogP contribution in [0.3, 0.4) is 0 Å². The second-order valence-electron chi connectivity index (χ2n) is 12.3. The molecule has 1 fully saturated rings. The molecular weight excluding hydrogens is 518 g/mol. The Hall–Kier alpha value is -3.53. The number of alkyl carbamates (subject to hydrolysis) is 1. The van der Waals surface area contributed by atoms with Gasteiger partial charge in [-0.3, -0.25) is 9.69 Å². The van der Waals surface area contributed by atoms with Crippen molar-refractivity contribution < 1.29 is 14.3 Å². The standard InChI is InChI=1S/C31H45N7O3/c1-20-8-9-21(2)25(16-20)19-37-14-12-24(13-15-37)17-32-28(39)11-10-26-22(3)34-29-35-27(36-38(29)23(26)4)18-33-30(40)41-31(5,6)7/h8-9,16,24H,10-15,17-19H2,1-7H3,(H,32,39)(H,33,40). The summed E-state index contributed by atoms with van der Waals surface area (Å²) in [5.74, 6) is 1.49. The van der Waals surface area contributed by atoms with E-state index in [0.29, 0.717) is 30.4 Å². The van der Waals surface area contributed by atoms with Crippen molar-refractivity contribution in [2.75, 3.05) is 19.6 Å². The highest BCUT2D eigenvalue weighted by Crippen LogP contribution is 2.21. The predicted molar refractivity (Wildman–Crippen MR) is 159 cm³/mol. The normalized spacial score (nSPS) is 14.8. The van der Waals surface area contributed by atoms with Crippen LogP contribution in [-0.4, -0.2) is 61.7 Å². The molecular formula is C31H45N7O3. The number of ether oxygens (including phenoxy) is 1. The van der Waals surface area contributed by atoms with Crippen molar-refractivity contribution in [1.29, 1.82) is 0 Å². The Morgan fingerprint density at radius 2 is 1.78 bits per heavy atom. The Morgan fingerprint density at radius 3 is 2.49 bits per heavy atom. The Balaban J connectivity index is 1.24. The number of likely N-dealkylation sites (tertiary alicyclic amines) is 1. The molecule has 4 rings (SSSR count). The second-order valence-corrected chi connectivity index (χ2v) is 12.3. The number of fused-ring (bicyclic) bond motifs is 1. The Labute approximate surface area is 243 Å². The van der Waals surface area contributed by atoms with E-state index in [1.165, 1.54) is 16.7 Å². The molecule has 3 heterocycles. The van der Waals surface area contributed by atoms with Crippen molar-refractivity contribution in [2.45, 2.75) is 92.8 Å². The summed E-state index contributed by atoms with van der Waals surface area (Å²) in [5.41, 5.74) is 6.21. The van der Waals surface area contributed by atoms with Gasteiger partial charge >= 0.3 is 6.09 Å². The van der Waals surface area contributed by atoms with Crippen LogP contribution in [-0.2, 0) is 29.0 Å². The van der Waals surface area contributed by atoms with Gasteiger partial charge in [-0.05, 0) is 103 Å². The molecule has 1 aliphatic rings. The zero-order chi connectivity index (χ0) is 29.7. The molecule has 0 atom stereocenters. The average molecular weight is 564 g/mol. The maximum atomic E-state index is 12.7. The molecule has 0 saturated carbocycles. The van der Waals surface area contributed by atoms with E-state index in [4.69, 9.17) is 4.74 Å². The molecule has 222 valence electrons. The fourth-order valence-corrected chi connectivity index (χ4v) is 5.30. The molecule has 1 aliphatic heterocycles. The Kier molecular flexibility index (Phi) is 9.63. The van der Waals surface area contributed by atoms with Crippen LogP contribution in [0.25, 0.3) is 5.78 Å². The van der Waals surface area contributed by atoms with Crippen molar-refractivity contribution in [3.63, 3.8) is 0 Å². The maximum absolute atomic E-state index is 12.7. The number of hydrogen-bond acceptors (Lipinski definition) is 7. The maximum Gasteiger partial charge on any atom is 0.408 e. The first kappa shape index (κ1) is 30.4. The first-order valence-corrected chi connectivity index (χ1v) is 14.6. The molecule has 2 aromatic heterocycles. The molecule has 0 bridgehead atoms. The highest BCUT2D eigenvalue weighted by Gasteiger charge is 2.21. The Morgan fingerprint density at radius 1 is 1.05 bits per heavy atom. The lowest BCUT2D eigenvalue weighted by Crippen LogP contribution is -2.38. The summed E-state index contributed by atoms with van der Waals surface area (Å²) in [6.07, 6.45) is 2.64. The number of benzene rings is 1. The molecule has 0 unspecified atom stereocenters. The first-order valence-electron chi connectivity index (χ1n) is 14.6. The van der Waals surface area contributed by atoms with Gasteiger partial charge in [-0.1, -0.05) is 23.8 Å². The summed E-state index contributed by atoms with van der Waals surface area (Å²) in [4.78, 5) is 36.3. The van der Waals surface area contributed by atoms with Gasteiger partial charge in [-0.2, -0.15) is 4.98 Å². The van der Waals surface area contributed by atoms with Crippen molar-refractivity contribution in [3.8, 4) is 0 Å². The molecule has 10 heteroatoms. The fraction of sp³-hybridized carbons (Fsp3) is 0.581. The predicted octanol–water partition coefficient (Wildman–Crippen LogP) is 4.34. The van der Waals surface area contributed by atoms with E-state index in [-0.39, 0.29) is 12.5 Å². The lowest BCUT2D eigenvalue weighted by atomic mass is 9.95. The van der Waals surface area contributed by atoms with E-state index in [1.807, 2.05) is 34.6 Å². The van der Waals surface area contributed by atoms with Crippen LogP contribution in [0.5, 0.6) is 0 Å². The topological polar surface area (TPSA) is 114 Å². The quantitative estimate of drug-likeness (QED) is 0.398. The molecule has 2 N–H and O–H groups in total. The van der Waals surface area contributed by atoms with Gasteiger partial charge in [0.2, 0.25) is 5.91 Å². The van der Waals surface area contributed by atoms with Gasteiger partial charge in [0.05, 0.1) is 6.54 Å². The summed E-state index contributed by atoms with van der Waals surface area (Å²) in [6, 6.07) is 6.68. The van der Waals surface area contributed by atoms with Crippen molar-refractivity contribution >= 4 is 17.8 Å². The molecule has 3 aromatic rings. The largest absolute Gasteiger partial charge is 0.444 e. The van der Waals surface area contributed by atoms with Gasteiger partial charge < -0.3 is 15.4 Å². The number of hydrogen-bond donors (Lipinski definition) is 2. The van der Waals surface area contributed by atoms with Gasteiger partial charge in [-0.15, -0.1) is 5.10 Å². The van der Waals surface area contributed by atoms with Crippen LogP contribution in [0.4, 0.5) is 4.79 Å². The fourth-order valence-electron chi connectivity index (χ4n) is 5.30. The van der Waals surface area contributed by atoms with Gasteiger partial charge in [0.25, 0.3) is 5.78 Å². The number of piperidine rings is 1. The van der Waals surface area contributed by atoms with E-state index in [1.54, 1.807) is 4.52 Å². The summed E-state index contributed by atoms with van der Waals surface area (Å²) in [5, 5.41) is 10.4. The zero-order valence-corrected chi connectivity index (χ0v) is 25.6. The number of rotatable bonds is 9. The third-order valence-electron chi connectivity index (χ3n) is 7.68. The third kappa shape index (κ3) is 8.48. The lowest BCUT2D eigenvalue weighted by molar-refractivity contribution is -0.121. The monoisotopic (exact) mass is 563 g/mol. The average Bonchev–Trinajstić information content (AvgIpc) is 3.31. The Bertz CT molecular complexity index is 1380. The minimum absolute atomic E-state index is 0.0579. The van der Waals surface area contributed by atoms with Crippen molar-refractivity contribution in [1.82, 2.24) is 35.1 Å². The minimum Gasteiger partial charge on any atom is -0.444 e. The van der Waals surface area contributed by atoms with Crippen LogP contribution in [0.2, 0.25) is 0 Å². The number of nitrogens with one attached hydrogen (secondary N) is 2. The molecule has 0 aliphatic carbocycles. The van der Waals surface area contributed by atoms with Crippen LogP contribution < -0.4 is 10.6 Å². The molecule has 0 spiro atoms. The first-order chi connectivity index (χ1) is 19.4. The molecule has 1 saturated heterocycles. The molecule has 10 nitrogen and oxygen atoms in total. The number of aromatic nitrogens is 4. The van der Waals surface area contributed by atoms with Crippen LogP contribution in [0.1, 0.15) is 79.5 Å². The number of nitrogens with zero attached hydrogens (tertiary/aromatic N) is 5. The van der Waals surface area contributed by atoms with E-state index in [2.05, 4.69) is 62.6 Å². The van der Waals surface area contributed by atoms with E-state index >= 15 is 0 Å². The third-order valence-corrected chi connectivity index (χ3v) is 7.68. The van der Waals surface area contributed by atoms with Gasteiger partial charge in [-0.25, -0.2) is 14.3 Å². The van der Waals surface area contributed by atoms with E-state index in [0.717, 1.165) is 56.0 Å². The van der Waals surface area contributed by atoms with Crippen molar-refractivity contribution in [2.24, 2.45) is 5.92 Å². The molecule has 2 amide bonds. The highest BCUT2D eigenvalue weighted by atomic mass is 16.6. The molecule has 41 heavy (non-hydrogen) atoms. The van der Waals surface area contributed by atoms with Crippen LogP contribution >= 0.6 is 0 Å². The van der Waals surface area contributed by atoms with E-state index in [9.17, 15) is 9.59 Å². The number of aryl methyl sites for hydroxylation is 4. The van der Waals surface area contributed by atoms with E-state index < -0.39 is 11.7 Å². The number of carbonyl (C=O) groups excluding carboxylic acids is 2. The van der Waals surface area contributed by atoms with Crippen molar-refractivity contribution in [3.05, 3.63) is 57.7 Å².